The average Bonchev–Trinajstić information content (AvgIpc) is 2.44. The highest BCUT2D eigenvalue weighted by Crippen LogP contribution is 2.46. The minimum Gasteiger partial charge on any atom is -0.492 e. The Labute approximate surface area is 122 Å². The number of hydrogen-bond acceptors (Lipinski definition) is 3. The number of nitrogens with zero attached hydrogens (tertiary/aromatic N) is 1. The van der Waals surface area contributed by atoms with Crippen LogP contribution in [0.15, 0.2) is 18.5 Å². The molecule has 0 radical (unpaired) electrons. The summed E-state index contributed by atoms with van der Waals surface area (Å²) >= 11 is 0. The van der Waals surface area contributed by atoms with Crippen LogP contribution >= 0.6 is 0 Å². The number of rotatable bonds is 5. The van der Waals surface area contributed by atoms with E-state index in [9.17, 15) is 0 Å². The smallest absolute Gasteiger partial charge is 0.137 e. The molecule has 1 aliphatic carbocycles. The van der Waals surface area contributed by atoms with Gasteiger partial charge in [-0.05, 0) is 61.1 Å². The number of nitrogens with two attached hydrogens (primary N) is 1. The monoisotopic (exact) mass is 276 g/mol. The van der Waals surface area contributed by atoms with E-state index in [0.29, 0.717) is 17.3 Å². The van der Waals surface area contributed by atoms with Gasteiger partial charge in [-0.2, -0.15) is 0 Å². The van der Waals surface area contributed by atoms with Crippen LogP contribution in [0.3, 0.4) is 0 Å². The molecule has 0 saturated heterocycles. The van der Waals surface area contributed by atoms with Crippen LogP contribution in [0.5, 0.6) is 5.75 Å². The fourth-order valence-electron chi connectivity index (χ4n) is 3.25. The highest BCUT2D eigenvalue weighted by atomic mass is 16.5. The SMILES string of the molecule is CCCOc1cncc(C2CC(C)(C)CCC2CN)c1. The van der Waals surface area contributed by atoms with Crippen molar-refractivity contribution >= 4 is 0 Å². The molecule has 0 aromatic carbocycles. The predicted octanol–water partition coefficient (Wildman–Crippen LogP) is 3.74. The van der Waals surface area contributed by atoms with Gasteiger partial charge >= 0.3 is 0 Å². The standard InChI is InChI=1S/C17H28N2O/c1-4-7-20-15-8-14(11-19-12-15)16-9-17(2,3)6-5-13(16)10-18/h8,11-13,16H,4-7,9-10,18H2,1-3H3. The van der Waals surface area contributed by atoms with Crippen LogP contribution in [0.25, 0.3) is 0 Å². The van der Waals surface area contributed by atoms with Crippen molar-refractivity contribution in [2.75, 3.05) is 13.2 Å². The van der Waals surface area contributed by atoms with Crippen molar-refractivity contribution in [3.05, 3.63) is 24.0 Å². The van der Waals surface area contributed by atoms with Crippen LogP contribution in [0.1, 0.15) is 57.9 Å². The van der Waals surface area contributed by atoms with Gasteiger partial charge in [0.1, 0.15) is 5.75 Å². The van der Waals surface area contributed by atoms with Gasteiger partial charge < -0.3 is 10.5 Å². The molecule has 1 aliphatic rings. The lowest BCUT2D eigenvalue weighted by Crippen LogP contribution is -2.32. The van der Waals surface area contributed by atoms with E-state index in [-0.39, 0.29) is 0 Å². The van der Waals surface area contributed by atoms with Gasteiger partial charge in [-0.3, -0.25) is 4.98 Å². The lowest BCUT2D eigenvalue weighted by molar-refractivity contribution is 0.165. The third kappa shape index (κ3) is 3.72. The van der Waals surface area contributed by atoms with Gasteiger partial charge in [0.25, 0.3) is 0 Å². The summed E-state index contributed by atoms with van der Waals surface area (Å²) in [6.45, 7) is 8.35. The van der Waals surface area contributed by atoms with E-state index in [0.717, 1.165) is 25.3 Å². The molecule has 2 rings (SSSR count). The van der Waals surface area contributed by atoms with E-state index in [4.69, 9.17) is 10.5 Å². The molecule has 0 aliphatic heterocycles. The molecule has 1 aromatic heterocycles. The van der Waals surface area contributed by atoms with Gasteiger partial charge in [0.15, 0.2) is 0 Å². The molecular formula is C17H28N2O. The van der Waals surface area contributed by atoms with Crippen LogP contribution < -0.4 is 10.5 Å². The Morgan fingerprint density at radius 3 is 2.90 bits per heavy atom. The fraction of sp³-hybridized carbons (Fsp3) is 0.706. The van der Waals surface area contributed by atoms with Crippen molar-refractivity contribution in [2.45, 2.75) is 52.4 Å². The maximum atomic E-state index is 5.99. The van der Waals surface area contributed by atoms with Crippen molar-refractivity contribution < 1.29 is 4.74 Å². The van der Waals surface area contributed by atoms with Crippen molar-refractivity contribution in [2.24, 2.45) is 17.1 Å². The summed E-state index contributed by atoms with van der Waals surface area (Å²) in [6, 6.07) is 2.16. The van der Waals surface area contributed by atoms with E-state index in [1.807, 2.05) is 12.4 Å². The Bertz CT molecular complexity index is 431. The minimum absolute atomic E-state index is 0.399. The van der Waals surface area contributed by atoms with E-state index in [1.54, 1.807) is 0 Å². The maximum Gasteiger partial charge on any atom is 0.137 e. The largest absolute Gasteiger partial charge is 0.492 e. The topological polar surface area (TPSA) is 48.1 Å². The van der Waals surface area contributed by atoms with Crippen molar-refractivity contribution in [1.82, 2.24) is 4.98 Å². The van der Waals surface area contributed by atoms with Crippen LogP contribution in [0.2, 0.25) is 0 Å². The summed E-state index contributed by atoms with van der Waals surface area (Å²) in [7, 11) is 0. The van der Waals surface area contributed by atoms with Gasteiger partial charge in [-0.15, -0.1) is 0 Å². The molecule has 112 valence electrons. The van der Waals surface area contributed by atoms with Gasteiger partial charge in [-0.1, -0.05) is 20.8 Å². The Kier molecular flexibility index (Phi) is 5.03. The zero-order valence-corrected chi connectivity index (χ0v) is 13.1. The number of pyridine rings is 1. The van der Waals surface area contributed by atoms with E-state index in [2.05, 4.69) is 31.8 Å². The molecule has 1 aromatic rings. The lowest BCUT2D eigenvalue weighted by Gasteiger charge is -2.40. The van der Waals surface area contributed by atoms with Gasteiger partial charge in [0, 0.05) is 6.20 Å². The first kappa shape index (κ1) is 15.3. The highest BCUT2D eigenvalue weighted by Gasteiger charge is 2.35. The third-order valence-corrected chi connectivity index (χ3v) is 4.47. The Morgan fingerprint density at radius 1 is 1.40 bits per heavy atom. The first-order valence-electron chi connectivity index (χ1n) is 7.83. The fourth-order valence-corrected chi connectivity index (χ4v) is 3.25. The Balaban J connectivity index is 2.18. The maximum absolute atomic E-state index is 5.99. The number of ether oxygens (including phenoxy) is 1. The van der Waals surface area contributed by atoms with Gasteiger partial charge in [-0.25, -0.2) is 0 Å². The van der Waals surface area contributed by atoms with Crippen LogP contribution in [-0.4, -0.2) is 18.1 Å². The van der Waals surface area contributed by atoms with Crippen molar-refractivity contribution in [3.63, 3.8) is 0 Å². The van der Waals surface area contributed by atoms with Gasteiger partial charge in [0.2, 0.25) is 0 Å². The van der Waals surface area contributed by atoms with E-state index >= 15 is 0 Å². The van der Waals surface area contributed by atoms with Crippen molar-refractivity contribution in [1.29, 1.82) is 0 Å². The Hall–Kier alpha value is -1.09. The van der Waals surface area contributed by atoms with Gasteiger partial charge in [0.05, 0.1) is 12.8 Å². The van der Waals surface area contributed by atoms with Crippen molar-refractivity contribution in [3.8, 4) is 5.75 Å². The normalized spacial score (nSPS) is 25.4. The summed E-state index contributed by atoms with van der Waals surface area (Å²) in [4.78, 5) is 4.36. The van der Waals surface area contributed by atoms with Crippen LogP contribution in [0.4, 0.5) is 0 Å². The first-order valence-corrected chi connectivity index (χ1v) is 7.83. The summed E-state index contributed by atoms with van der Waals surface area (Å²) in [6.07, 6.45) is 8.50. The zero-order valence-electron chi connectivity index (χ0n) is 13.1. The molecule has 1 fully saturated rings. The quantitative estimate of drug-likeness (QED) is 0.891. The molecule has 1 saturated carbocycles. The second-order valence-corrected chi connectivity index (χ2v) is 6.81. The van der Waals surface area contributed by atoms with Crippen LogP contribution in [-0.2, 0) is 0 Å². The molecule has 2 N–H and O–H groups in total. The summed E-state index contributed by atoms with van der Waals surface area (Å²) in [5.41, 5.74) is 7.68. The second kappa shape index (κ2) is 6.57. The Morgan fingerprint density at radius 2 is 2.20 bits per heavy atom. The molecule has 2 unspecified atom stereocenters. The molecule has 0 amide bonds. The molecule has 3 heteroatoms. The highest BCUT2D eigenvalue weighted by molar-refractivity contribution is 5.27. The molecule has 0 spiro atoms. The summed E-state index contributed by atoms with van der Waals surface area (Å²) in [5.74, 6) is 1.98. The second-order valence-electron chi connectivity index (χ2n) is 6.81. The molecule has 20 heavy (non-hydrogen) atoms. The van der Waals surface area contributed by atoms with Crippen LogP contribution in [0, 0.1) is 11.3 Å². The van der Waals surface area contributed by atoms with E-state index in [1.165, 1.54) is 24.8 Å². The number of hydrogen-bond donors (Lipinski definition) is 1. The summed E-state index contributed by atoms with van der Waals surface area (Å²) in [5, 5.41) is 0. The lowest BCUT2D eigenvalue weighted by atomic mass is 9.65. The minimum atomic E-state index is 0.399. The van der Waals surface area contributed by atoms with E-state index < -0.39 is 0 Å². The summed E-state index contributed by atoms with van der Waals surface area (Å²) < 4.78 is 5.71. The molecular weight excluding hydrogens is 248 g/mol. The molecule has 0 bridgehead atoms. The molecule has 1 heterocycles. The first-order chi connectivity index (χ1) is 9.55. The average molecular weight is 276 g/mol. The molecule has 3 nitrogen and oxygen atoms in total. The number of aromatic nitrogens is 1. The third-order valence-electron chi connectivity index (χ3n) is 4.47. The predicted molar refractivity (Wildman–Crippen MR) is 82.9 cm³/mol. The molecule has 2 atom stereocenters. The zero-order chi connectivity index (χ0) is 14.6.